The fraction of sp³-hybridized carbons (Fsp3) is 0.611. The summed E-state index contributed by atoms with van der Waals surface area (Å²) in [5, 5.41) is 0. The second-order valence-corrected chi connectivity index (χ2v) is 6.44. The number of nitrogens with two attached hydrogens (primary N) is 1. The van der Waals surface area contributed by atoms with E-state index < -0.39 is 0 Å². The highest BCUT2D eigenvalue weighted by molar-refractivity contribution is 5.81. The monoisotopic (exact) mass is 334 g/mol. The van der Waals surface area contributed by atoms with Crippen LogP contribution in [-0.4, -0.2) is 18.6 Å². The second-order valence-electron chi connectivity index (χ2n) is 6.44. The van der Waals surface area contributed by atoms with Gasteiger partial charge in [0.15, 0.2) is 0 Å². The maximum absolute atomic E-state index is 11.7. The van der Waals surface area contributed by atoms with Crippen molar-refractivity contribution in [1.29, 1.82) is 0 Å². The lowest BCUT2D eigenvalue weighted by atomic mass is 9.91. The zero-order valence-electron chi connectivity index (χ0n) is 14.7. The van der Waals surface area contributed by atoms with Crippen molar-refractivity contribution < 1.29 is 9.53 Å². The number of carbonyl (C=O) groups excluding carboxylic acids is 1. The van der Waals surface area contributed by atoms with E-state index in [4.69, 9.17) is 10.6 Å². The number of rotatable bonds is 9. The Labute approximate surface area is 144 Å². The van der Waals surface area contributed by atoms with Crippen molar-refractivity contribution in [2.75, 3.05) is 6.61 Å². The van der Waals surface area contributed by atoms with Crippen molar-refractivity contribution in [3.05, 3.63) is 29.8 Å². The number of unbranched alkanes of at least 4 members (excludes halogenated alkanes) is 4. The molecule has 3 atom stereocenters. The standard InChI is InChI=1S/C18H30N4O2/c1-3-4-5-6-7-12-24-15-10-8-14(9-11-15)16-13(2)17(22-21-16)18(23)20-19/h8-11,13,16-17,21-22H,3-7,12,19H2,1-2H3,(H,20,23). The average molecular weight is 334 g/mol. The number of benzene rings is 1. The Bertz CT molecular complexity index is 506. The quantitative estimate of drug-likeness (QED) is 0.241. The predicted octanol–water partition coefficient (Wildman–Crippen LogP) is 2.18. The van der Waals surface area contributed by atoms with Crippen LogP contribution in [0.15, 0.2) is 24.3 Å². The molecule has 1 saturated heterocycles. The molecule has 3 unspecified atom stereocenters. The molecule has 0 spiro atoms. The molecule has 5 N–H and O–H groups in total. The Hall–Kier alpha value is -1.63. The summed E-state index contributed by atoms with van der Waals surface area (Å²) in [7, 11) is 0. The molecule has 6 nitrogen and oxygen atoms in total. The molecule has 1 fully saturated rings. The normalized spacial score (nSPS) is 23.2. The molecule has 1 aliphatic rings. The smallest absolute Gasteiger partial charge is 0.252 e. The molecule has 1 aromatic rings. The largest absolute Gasteiger partial charge is 0.494 e. The Kier molecular flexibility index (Phi) is 7.49. The summed E-state index contributed by atoms with van der Waals surface area (Å²) in [6, 6.07) is 7.81. The molecule has 0 aromatic heterocycles. The lowest BCUT2D eigenvalue weighted by molar-refractivity contribution is -0.123. The third-order valence-corrected chi connectivity index (χ3v) is 4.63. The summed E-state index contributed by atoms with van der Waals surface area (Å²) >= 11 is 0. The molecule has 0 saturated carbocycles. The van der Waals surface area contributed by atoms with Gasteiger partial charge < -0.3 is 4.74 Å². The number of carbonyl (C=O) groups is 1. The number of hydrogen-bond acceptors (Lipinski definition) is 5. The molecule has 6 heteroatoms. The van der Waals surface area contributed by atoms with Crippen LogP contribution in [0.1, 0.15) is 57.6 Å². The summed E-state index contributed by atoms with van der Waals surface area (Å²) in [5.41, 5.74) is 9.50. The van der Waals surface area contributed by atoms with Crippen LogP contribution in [0.25, 0.3) is 0 Å². The Morgan fingerprint density at radius 3 is 2.54 bits per heavy atom. The zero-order chi connectivity index (χ0) is 17.4. The lowest BCUT2D eigenvalue weighted by Crippen LogP contribution is -2.47. The van der Waals surface area contributed by atoms with Crippen LogP contribution in [0.3, 0.4) is 0 Å². The third-order valence-electron chi connectivity index (χ3n) is 4.63. The van der Waals surface area contributed by atoms with Crippen molar-refractivity contribution >= 4 is 5.91 Å². The molecule has 1 aliphatic heterocycles. The number of nitrogens with one attached hydrogen (secondary N) is 3. The number of hydrogen-bond donors (Lipinski definition) is 4. The lowest BCUT2D eigenvalue weighted by Gasteiger charge is -2.18. The highest BCUT2D eigenvalue weighted by atomic mass is 16.5. The Morgan fingerprint density at radius 2 is 1.88 bits per heavy atom. The van der Waals surface area contributed by atoms with Crippen LogP contribution in [-0.2, 0) is 4.79 Å². The van der Waals surface area contributed by atoms with Crippen molar-refractivity contribution in [2.45, 2.75) is 58.0 Å². The van der Waals surface area contributed by atoms with E-state index in [-0.39, 0.29) is 23.9 Å². The van der Waals surface area contributed by atoms with Gasteiger partial charge in [-0.2, -0.15) is 0 Å². The van der Waals surface area contributed by atoms with Gasteiger partial charge in [0.2, 0.25) is 0 Å². The fourth-order valence-electron chi connectivity index (χ4n) is 3.08. The molecule has 1 amide bonds. The number of amides is 1. The molecular formula is C18H30N4O2. The van der Waals surface area contributed by atoms with Crippen molar-refractivity contribution in [3.8, 4) is 5.75 Å². The number of ether oxygens (including phenoxy) is 1. The van der Waals surface area contributed by atoms with E-state index in [1.54, 1.807) is 0 Å². The molecule has 24 heavy (non-hydrogen) atoms. The molecular weight excluding hydrogens is 304 g/mol. The van der Waals surface area contributed by atoms with Gasteiger partial charge in [0.25, 0.3) is 5.91 Å². The summed E-state index contributed by atoms with van der Waals surface area (Å²) in [6.07, 6.45) is 6.18. The summed E-state index contributed by atoms with van der Waals surface area (Å²) in [4.78, 5) is 11.7. The molecule has 0 radical (unpaired) electrons. The second kappa shape index (κ2) is 9.61. The van der Waals surface area contributed by atoms with Gasteiger partial charge in [-0.3, -0.25) is 10.2 Å². The summed E-state index contributed by atoms with van der Waals surface area (Å²) < 4.78 is 5.79. The minimum atomic E-state index is -0.334. The van der Waals surface area contributed by atoms with E-state index in [2.05, 4.69) is 23.2 Å². The SMILES string of the molecule is CCCCCCCOc1ccc(C2NNC(C(=O)NN)C2C)cc1. The van der Waals surface area contributed by atoms with Crippen molar-refractivity contribution in [2.24, 2.45) is 11.8 Å². The molecule has 1 aromatic carbocycles. The Balaban J connectivity index is 1.81. The van der Waals surface area contributed by atoms with Crippen LogP contribution < -0.4 is 26.9 Å². The first-order valence-corrected chi connectivity index (χ1v) is 8.91. The highest BCUT2D eigenvalue weighted by Gasteiger charge is 2.37. The average Bonchev–Trinajstić information content (AvgIpc) is 2.99. The van der Waals surface area contributed by atoms with Gasteiger partial charge in [0.05, 0.1) is 12.6 Å². The highest BCUT2D eigenvalue weighted by Crippen LogP contribution is 2.29. The zero-order valence-corrected chi connectivity index (χ0v) is 14.7. The van der Waals surface area contributed by atoms with E-state index in [0.29, 0.717) is 0 Å². The van der Waals surface area contributed by atoms with Gasteiger partial charge in [-0.05, 0) is 24.1 Å². The minimum Gasteiger partial charge on any atom is -0.494 e. The molecule has 0 aliphatic carbocycles. The van der Waals surface area contributed by atoms with Crippen LogP contribution in [0, 0.1) is 5.92 Å². The van der Waals surface area contributed by atoms with Gasteiger partial charge in [0.1, 0.15) is 11.8 Å². The van der Waals surface area contributed by atoms with E-state index in [1.165, 1.54) is 25.7 Å². The Morgan fingerprint density at radius 1 is 1.17 bits per heavy atom. The first kappa shape index (κ1) is 18.7. The van der Waals surface area contributed by atoms with E-state index >= 15 is 0 Å². The topological polar surface area (TPSA) is 88.4 Å². The van der Waals surface area contributed by atoms with Gasteiger partial charge in [-0.1, -0.05) is 51.7 Å². The first-order chi connectivity index (χ1) is 11.7. The molecule has 134 valence electrons. The summed E-state index contributed by atoms with van der Waals surface area (Å²) in [5.74, 6) is 6.00. The third kappa shape index (κ3) is 4.93. The fourth-order valence-corrected chi connectivity index (χ4v) is 3.08. The van der Waals surface area contributed by atoms with E-state index in [1.807, 2.05) is 31.2 Å². The van der Waals surface area contributed by atoms with Crippen molar-refractivity contribution in [3.63, 3.8) is 0 Å². The van der Waals surface area contributed by atoms with Gasteiger partial charge in [-0.15, -0.1) is 0 Å². The van der Waals surface area contributed by atoms with Crippen molar-refractivity contribution in [1.82, 2.24) is 16.3 Å². The minimum absolute atomic E-state index is 0.0652. The molecule has 2 rings (SSSR count). The maximum atomic E-state index is 11.7. The summed E-state index contributed by atoms with van der Waals surface area (Å²) in [6.45, 7) is 5.01. The number of hydrazine groups is 2. The molecule has 1 heterocycles. The first-order valence-electron chi connectivity index (χ1n) is 8.91. The maximum Gasteiger partial charge on any atom is 0.252 e. The van der Waals surface area contributed by atoms with E-state index in [9.17, 15) is 4.79 Å². The van der Waals surface area contributed by atoms with Gasteiger partial charge in [0, 0.05) is 5.92 Å². The van der Waals surface area contributed by atoms with Gasteiger partial charge >= 0.3 is 0 Å². The van der Waals surface area contributed by atoms with Crippen LogP contribution in [0.5, 0.6) is 5.75 Å². The van der Waals surface area contributed by atoms with E-state index in [0.717, 1.165) is 24.3 Å². The van der Waals surface area contributed by atoms with Gasteiger partial charge in [-0.25, -0.2) is 16.7 Å². The van der Waals surface area contributed by atoms with Crippen LogP contribution >= 0.6 is 0 Å². The predicted molar refractivity (Wildman–Crippen MR) is 95.0 cm³/mol. The van der Waals surface area contributed by atoms with Crippen LogP contribution in [0.4, 0.5) is 0 Å². The molecule has 0 bridgehead atoms. The van der Waals surface area contributed by atoms with Crippen LogP contribution in [0.2, 0.25) is 0 Å².